The molecule has 16 heavy (non-hydrogen) atoms. The van der Waals surface area contributed by atoms with E-state index in [1.807, 2.05) is 0 Å². The first-order valence-corrected chi connectivity index (χ1v) is 5.18. The van der Waals surface area contributed by atoms with Crippen LogP contribution in [-0.2, 0) is 4.74 Å². The van der Waals surface area contributed by atoms with Crippen LogP contribution in [0.3, 0.4) is 0 Å². The van der Waals surface area contributed by atoms with Crippen LogP contribution < -0.4 is 5.32 Å². The smallest absolute Gasteiger partial charge is 0.256 e. The number of hydrogen-bond donors (Lipinski definition) is 1. The zero-order valence-electron chi connectivity index (χ0n) is 9.09. The summed E-state index contributed by atoms with van der Waals surface area (Å²) in [5.41, 5.74) is -0.132. The summed E-state index contributed by atoms with van der Waals surface area (Å²) in [5, 5.41) is 2.69. The monoisotopic (exact) mass is 245 g/mol. The summed E-state index contributed by atoms with van der Waals surface area (Å²) in [5.74, 6) is -1.16. The normalized spacial score (nSPS) is 12.2. The minimum atomic E-state index is -0.630. The van der Waals surface area contributed by atoms with Crippen molar-refractivity contribution in [3.8, 4) is 0 Å². The number of amides is 1. The first kappa shape index (κ1) is 12.9. The van der Waals surface area contributed by atoms with Crippen molar-refractivity contribution in [2.45, 2.75) is 13.0 Å². The number of halogens is 2. The lowest BCUT2D eigenvalue weighted by molar-refractivity contribution is 0.0901. The molecule has 0 unspecified atom stereocenters. The Hall–Kier alpha value is -1.13. The van der Waals surface area contributed by atoms with Gasteiger partial charge >= 0.3 is 0 Å². The second kappa shape index (κ2) is 5.82. The molecule has 0 bridgehead atoms. The van der Waals surface area contributed by atoms with Gasteiger partial charge in [-0.3, -0.25) is 4.79 Å². The molecular formula is C11H13ClFNO2. The summed E-state index contributed by atoms with van der Waals surface area (Å²) in [6.45, 7) is 2.12. The summed E-state index contributed by atoms with van der Waals surface area (Å²) in [6, 6.07) is 3.92. The molecule has 0 aliphatic carbocycles. The lowest BCUT2D eigenvalue weighted by Gasteiger charge is -2.13. The SMILES string of the molecule is COC[C@@H](C)NC(=O)c1c(F)cccc1Cl. The van der Waals surface area contributed by atoms with Gasteiger partial charge in [-0.25, -0.2) is 4.39 Å². The first-order valence-electron chi connectivity index (χ1n) is 4.80. The third-order valence-corrected chi connectivity index (χ3v) is 2.30. The second-order valence-electron chi connectivity index (χ2n) is 3.43. The Morgan fingerprint density at radius 2 is 2.31 bits per heavy atom. The summed E-state index contributed by atoms with van der Waals surface area (Å²) in [7, 11) is 1.53. The molecule has 0 aliphatic heterocycles. The van der Waals surface area contributed by atoms with Crippen LogP contribution >= 0.6 is 11.6 Å². The lowest BCUT2D eigenvalue weighted by atomic mass is 10.2. The van der Waals surface area contributed by atoms with Crippen LogP contribution in [0, 0.1) is 5.82 Å². The Bertz CT molecular complexity index is 364. The van der Waals surface area contributed by atoms with Gasteiger partial charge in [0, 0.05) is 13.2 Å². The van der Waals surface area contributed by atoms with E-state index >= 15 is 0 Å². The molecule has 1 amide bonds. The number of rotatable bonds is 4. The van der Waals surface area contributed by atoms with Gasteiger partial charge in [-0.15, -0.1) is 0 Å². The van der Waals surface area contributed by atoms with E-state index in [1.165, 1.54) is 25.3 Å². The van der Waals surface area contributed by atoms with E-state index in [1.54, 1.807) is 6.92 Å². The number of nitrogens with one attached hydrogen (secondary N) is 1. The van der Waals surface area contributed by atoms with Crippen molar-refractivity contribution in [3.05, 3.63) is 34.6 Å². The number of hydrogen-bond acceptors (Lipinski definition) is 2. The number of ether oxygens (including phenoxy) is 1. The highest BCUT2D eigenvalue weighted by Gasteiger charge is 2.17. The van der Waals surface area contributed by atoms with E-state index in [0.29, 0.717) is 6.61 Å². The fourth-order valence-electron chi connectivity index (χ4n) is 1.30. The van der Waals surface area contributed by atoms with Crippen molar-refractivity contribution < 1.29 is 13.9 Å². The average molecular weight is 246 g/mol. The maximum absolute atomic E-state index is 13.4. The molecule has 88 valence electrons. The van der Waals surface area contributed by atoms with Crippen LogP contribution in [0.5, 0.6) is 0 Å². The zero-order valence-corrected chi connectivity index (χ0v) is 9.84. The van der Waals surface area contributed by atoms with Crippen molar-refractivity contribution in [3.63, 3.8) is 0 Å². The molecule has 1 aromatic carbocycles. The maximum atomic E-state index is 13.4. The Balaban J connectivity index is 2.80. The minimum absolute atomic E-state index is 0.0992. The predicted octanol–water partition coefficient (Wildman–Crippen LogP) is 2.24. The van der Waals surface area contributed by atoms with Crippen molar-refractivity contribution in [2.24, 2.45) is 0 Å². The molecule has 0 radical (unpaired) electrons. The van der Waals surface area contributed by atoms with Crippen molar-refractivity contribution in [1.29, 1.82) is 0 Å². The van der Waals surface area contributed by atoms with E-state index in [-0.39, 0.29) is 16.6 Å². The van der Waals surface area contributed by atoms with Gasteiger partial charge in [0.1, 0.15) is 5.82 Å². The fourth-order valence-corrected chi connectivity index (χ4v) is 1.55. The predicted molar refractivity (Wildman–Crippen MR) is 60.2 cm³/mol. The molecule has 0 aromatic heterocycles. The van der Waals surface area contributed by atoms with Crippen LogP contribution in [0.1, 0.15) is 17.3 Å². The quantitative estimate of drug-likeness (QED) is 0.884. The van der Waals surface area contributed by atoms with Gasteiger partial charge in [0.05, 0.1) is 17.2 Å². The molecule has 0 aliphatic rings. The Labute approximate surface area is 98.5 Å². The molecule has 5 heteroatoms. The topological polar surface area (TPSA) is 38.3 Å². The highest BCUT2D eigenvalue weighted by Crippen LogP contribution is 2.18. The Morgan fingerprint density at radius 3 is 2.88 bits per heavy atom. The van der Waals surface area contributed by atoms with Crippen molar-refractivity contribution in [2.75, 3.05) is 13.7 Å². The highest BCUT2D eigenvalue weighted by molar-refractivity contribution is 6.33. The second-order valence-corrected chi connectivity index (χ2v) is 3.83. The van der Waals surface area contributed by atoms with Crippen LogP contribution in [0.15, 0.2) is 18.2 Å². The van der Waals surface area contributed by atoms with E-state index in [9.17, 15) is 9.18 Å². The summed E-state index contributed by atoms with van der Waals surface area (Å²) in [4.78, 5) is 11.7. The number of carbonyl (C=O) groups excluding carboxylic acids is 1. The van der Waals surface area contributed by atoms with Gasteiger partial charge in [0.15, 0.2) is 0 Å². The molecule has 1 rings (SSSR count). The third kappa shape index (κ3) is 3.18. The van der Waals surface area contributed by atoms with Gasteiger partial charge < -0.3 is 10.1 Å². The Kier molecular flexibility index (Phi) is 4.71. The van der Waals surface area contributed by atoms with Crippen molar-refractivity contribution in [1.82, 2.24) is 5.32 Å². The van der Waals surface area contributed by atoms with Crippen LogP contribution in [0.25, 0.3) is 0 Å². The number of carbonyl (C=O) groups is 1. The zero-order chi connectivity index (χ0) is 12.1. The summed E-state index contributed by atoms with van der Waals surface area (Å²) >= 11 is 5.75. The number of methoxy groups -OCH3 is 1. The molecule has 0 heterocycles. The molecule has 1 aromatic rings. The van der Waals surface area contributed by atoms with Crippen LogP contribution in [0.2, 0.25) is 5.02 Å². The van der Waals surface area contributed by atoms with Gasteiger partial charge in [-0.2, -0.15) is 0 Å². The molecular weight excluding hydrogens is 233 g/mol. The van der Waals surface area contributed by atoms with Gasteiger partial charge in [-0.05, 0) is 19.1 Å². The molecule has 3 nitrogen and oxygen atoms in total. The summed E-state index contributed by atoms with van der Waals surface area (Å²) < 4.78 is 18.2. The molecule has 1 N–H and O–H groups in total. The minimum Gasteiger partial charge on any atom is -0.383 e. The van der Waals surface area contributed by atoms with E-state index in [2.05, 4.69) is 5.32 Å². The summed E-state index contributed by atoms with van der Waals surface area (Å²) in [6.07, 6.45) is 0. The van der Waals surface area contributed by atoms with Crippen LogP contribution in [0.4, 0.5) is 4.39 Å². The maximum Gasteiger partial charge on any atom is 0.256 e. The highest BCUT2D eigenvalue weighted by atomic mass is 35.5. The van der Waals surface area contributed by atoms with Crippen LogP contribution in [-0.4, -0.2) is 25.7 Å². The molecule has 0 fully saturated rings. The first-order chi connectivity index (χ1) is 7.56. The van der Waals surface area contributed by atoms with Gasteiger partial charge in [0.25, 0.3) is 5.91 Å². The molecule has 1 atom stereocenters. The number of benzene rings is 1. The average Bonchev–Trinajstić information content (AvgIpc) is 2.17. The Morgan fingerprint density at radius 1 is 1.62 bits per heavy atom. The van der Waals surface area contributed by atoms with Gasteiger partial charge in [-0.1, -0.05) is 17.7 Å². The standard InChI is InChI=1S/C11H13ClFNO2/c1-7(6-16-2)14-11(15)10-8(12)4-3-5-9(10)13/h3-5,7H,6H2,1-2H3,(H,14,15)/t7-/m1/s1. The fraction of sp³-hybridized carbons (Fsp3) is 0.364. The van der Waals surface area contributed by atoms with Crippen molar-refractivity contribution >= 4 is 17.5 Å². The van der Waals surface area contributed by atoms with E-state index < -0.39 is 11.7 Å². The van der Waals surface area contributed by atoms with Gasteiger partial charge in [0.2, 0.25) is 0 Å². The van der Waals surface area contributed by atoms with E-state index in [4.69, 9.17) is 16.3 Å². The largest absolute Gasteiger partial charge is 0.383 e. The third-order valence-electron chi connectivity index (χ3n) is 1.98. The molecule has 0 saturated heterocycles. The molecule has 0 spiro atoms. The van der Waals surface area contributed by atoms with E-state index in [0.717, 1.165) is 0 Å². The molecule has 0 saturated carbocycles. The lowest BCUT2D eigenvalue weighted by Crippen LogP contribution is -2.36.